The van der Waals surface area contributed by atoms with E-state index in [-0.39, 0.29) is 5.75 Å². The van der Waals surface area contributed by atoms with Gasteiger partial charge in [0.05, 0.1) is 17.1 Å². The molecule has 0 amide bonds. The maximum atomic E-state index is 9.42. The Balaban J connectivity index is 2.59. The van der Waals surface area contributed by atoms with Gasteiger partial charge in [-0.2, -0.15) is 5.10 Å². The Morgan fingerprint density at radius 2 is 1.75 bits per heavy atom. The Morgan fingerprint density at radius 3 is 2.25 bits per heavy atom. The lowest BCUT2D eigenvalue weighted by atomic mass is 10.2. The second kappa shape index (κ2) is 5.86. The summed E-state index contributed by atoms with van der Waals surface area (Å²) in [5.74, 6) is 1.17. The fourth-order valence-electron chi connectivity index (χ4n) is 2.33. The number of aryl methyl sites for hydroxylation is 1. The number of phenolic OH excluding ortho intramolecular Hbond substituents is 1. The highest BCUT2D eigenvalue weighted by Gasteiger charge is 2.19. The van der Waals surface area contributed by atoms with E-state index in [2.05, 4.69) is 23.8 Å². The van der Waals surface area contributed by atoms with Crippen molar-refractivity contribution in [2.24, 2.45) is 0 Å². The van der Waals surface area contributed by atoms with Crippen LogP contribution in [0.15, 0.2) is 24.3 Å². The zero-order valence-electron chi connectivity index (χ0n) is 12.3. The van der Waals surface area contributed by atoms with E-state index in [1.807, 2.05) is 23.7 Å². The number of aromatic hydroxyl groups is 1. The van der Waals surface area contributed by atoms with Crippen molar-refractivity contribution in [1.82, 2.24) is 9.78 Å². The molecule has 1 aromatic heterocycles. The minimum Gasteiger partial charge on any atom is -0.508 e. The second-order valence-electron chi connectivity index (χ2n) is 4.64. The van der Waals surface area contributed by atoms with E-state index >= 15 is 0 Å². The second-order valence-corrected chi connectivity index (χ2v) is 4.64. The summed E-state index contributed by atoms with van der Waals surface area (Å²) in [6.07, 6.45) is 0.797. The van der Waals surface area contributed by atoms with Gasteiger partial charge in [0.15, 0.2) is 5.82 Å². The summed E-state index contributed by atoms with van der Waals surface area (Å²) in [6, 6.07) is 7.00. The van der Waals surface area contributed by atoms with Gasteiger partial charge in [-0.1, -0.05) is 6.92 Å². The van der Waals surface area contributed by atoms with Gasteiger partial charge in [0, 0.05) is 13.1 Å². The number of benzene rings is 1. The number of nitrogens with zero attached hydrogens (tertiary/aromatic N) is 3. The van der Waals surface area contributed by atoms with Crippen molar-refractivity contribution in [3.8, 4) is 11.4 Å². The molecule has 0 bridgehead atoms. The number of nitrogens with two attached hydrogens (primary N) is 1. The van der Waals surface area contributed by atoms with E-state index in [1.54, 1.807) is 12.1 Å². The molecule has 1 aromatic carbocycles. The summed E-state index contributed by atoms with van der Waals surface area (Å²) in [5.41, 5.74) is 8.80. The number of hydrogen-bond acceptors (Lipinski definition) is 4. The lowest BCUT2D eigenvalue weighted by Crippen LogP contribution is -2.25. The molecule has 3 N–H and O–H groups in total. The quantitative estimate of drug-likeness (QED) is 0.879. The number of aromatic nitrogens is 2. The first-order valence-electron chi connectivity index (χ1n) is 7.04. The number of rotatable bonds is 5. The zero-order valence-corrected chi connectivity index (χ0v) is 12.3. The molecule has 0 spiro atoms. The predicted molar refractivity (Wildman–Crippen MR) is 82.6 cm³/mol. The molecule has 0 fully saturated rings. The summed E-state index contributed by atoms with van der Waals surface area (Å²) in [7, 11) is 0. The van der Waals surface area contributed by atoms with Crippen LogP contribution in [0.2, 0.25) is 0 Å². The SMILES string of the molecule is CCc1nn(-c2ccc(O)cc2)c(N(CC)CC)c1N. The van der Waals surface area contributed by atoms with Crippen molar-refractivity contribution >= 4 is 11.5 Å². The third kappa shape index (κ3) is 2.43. The van der Waals surface area contributed by atoms with Crippen LogP contribution >= 0.6 is 0 Å². The summed E-state index contributed by atoms with van der Waals surface area (Å²) < 4.78 is 1.86. The van der Waals surface area contributed by atoms with Crippen LogP contribution in [-0.4, -0.2) is 28.0 Å². The molecule has 108 valence electrons. The van der Waals surface area contributed by atoms with Crippen molar-refractivity contribution in [2.45, 2.75) is 27.2 Å². The lowest BCUT2D eigenvalue weighted by molar-refractivity contribution is 0.475. The van der Waals surface area contributed by atoms with Crippen LogP contribution in [0, 0.1) is 0 Å². The molecule has 0 radical (unpaired) electrons. The number of anilines is 2. The number of phenols is 1. The van der Waals surface area contributed by atoms with Gasteiger partial charge >= 0.3 is 0 Å². The molecule has 2 rings (SSSR count). The van der Waals surface area contributed by atoms with Crippen LogP contribution in [-0.2, 0) is 6.42 Å². The molecule has 20 heavy (non-hydrogen) atoms. The van der Waals surface area contributed by atoms with Gasteiger partial charge in [-0.3, -0.25) is 0 Å². The Morgan fingerprint density at radius 1 is 1.15 bits per heavy atom. The van der Waals surface area contributed by atoms with Gasteiger partial charge in [-0.25, -0.2) is 4.68 Å². The lowest BCUT2D eigenvalue weighted by Gasteiger charge is -2.22. The van der Waals surface area contributed by atoms with Gasteiger partial charge < -0.3 is 15.7 Å². The van der Waals surface area contributed by atoms with Crippen molar-refractivity contribution in [3.05, 3.63) is 30.0 Å². The fraction of sp³-hybridized carbons (Fsp3) is 0.400. The predicted octanol–water partition coefficient (Wildman–Crippen LogP) is 2.57. The first kappa shape index (κ1) is 14.2. The molecule has 0 saturated heterocycles. The largest absolute Gasteiger partial charge is 0.508 e. The van der Waals surface area contributed by atoms with Crippen molar-refractivity contribution in [1.29, 1.82) is 0 Å². The molecule has 0 aliphatic rings. The normalized spacial score (nSPS) is 10.8. The Labute approximate surface area is 119 Å². The molecule has 5 nitrogen and oxygen atoms in total. The van der Waals surface area contributed by atoms with Crippen LogP contribution < -0.4 is 10.6 Å². The Kier molecular flexibility index (Phi) is 4.17. The van der Waals surface area contributed by atoms with E-state index in [0.717, 1.165) is 42.4 Å². The van der Waals surface area contributed by atoms with Crippen LogP contribution in [0.5, 0.6) is 5.75 Å². The third-order valence-corrected chi connectivity index (χ3v) is 3.47. The fourth-order valence-corrected chi connectivity index (χ4v) is 2.33. The highest BCUT2D eigenvalue weighted by atomic mass is 16.3. The third-order valence-electron chi connectivity index (χ3n) is 3.47. The Bertz CT molecular complexity index is 570. The van der Waals surface area contributed by atoms with E-state index in [0.29, 0.717) is 0 Å². The average molecular weight is 274 g/mol. The highest BCUT2D eigenvalue weighted by Crippen LogP contribution is 2.30. The molecule has 0 aliphatic heterocycles. The summed E-state index contributed by atoms with van der Waals surface area (Å²) in [4.78, 5) is 2.19. The smallest absolute Gasteiger partial charge is 0.155 e. The van der Waals surface area contributed by atoms with E-state index in [1.165, 1.54) is 0 Å². The maximum absolute atomic E-state index is 9.42. The molecule has 2 aromatic rings. The van der Waals surface area contributed by atoms with Gasteiger partial charge in [-0.05, 0) is 44.5 Å². The van der Waals surface area contributed by atoms with E-state index in [9.17, 15) is 5.11 Å². The van der Waals surface area contributed by atoms with Crippen LogP contribution in [0.4, 0.5) is 11.5 Å². The van der Waals surface area contributed by atoms with E-state index < -0.39 is 0 Å². The number of hydrogen-bond donors (Lipinski definition) is 2. The average Bonchev–Trinajstić information content (AvgIpc) is 2.79. The molecular formula is C15H22N4O. The van der Waals surface area contributed by atoms with Crippen molar-refractivity contribution in [3.63, 3.8) is 0 Å². The summed E-state index contributed by atoms with van der Waals surface area (Å²) in [5, 5.41) is 14.0. The minimum atomic E-state index is 0.244. The minimum absolute atomic E-state index is 0.244. The van der Waals surface area contributed by atoms with Crippen LogP contribution in [0.3, 0.4) is 0 Å². The molecule has 1 heterocycles. The highest BCUT2D eigenvalue weighted by molar-refractivity contribution is 5.69. The van der Waals surface area contributed by atoms with Crippen molar-refractivity contribution in [2.75, 3.05) is 23.7 Å². The maximum Gasteiger partial charge on any atom is 0.155 e. The van der Waals surface area contributed by atoms with Gasteiger partial charge in [0.2, 0.25) is 0 Å². The zero-order chi connectivity index (χ0) is 14.7. The summed E-state index contributed by atoms with van der Waals surface area (Å²) >= 11 is 0. The molecule has 0 atom stereocenters. The van der Waals surface area contributed by atoms with Gasteiger partial charge in [-0.15, -0.1) is 0 Å². The standard InChI is InChI=1S/C15H22N4O/c1-4-13-14(16)15(18(5-2)6-3)19(17-13)11-7-9-12(20)10-8-11/h7-10,20H,4-6,16H2,1-3H3. The molecule has 0 aliphatic carbocycles. The van der Waals surface area contributed by atoms with E-state index in [4.69, 9.17) is 5.73 Å². The van der Waals surface area contributed by atoms with Crippen LogP contribution in [0.1, 0.15) is 26.5 Å². The topological polar surface area (TPSA) is 67.3 Å². The molecule has 0 saturated carbocycles. The first-order valence-corrected chi connectivity index (χ1v) is 7.04. The van der Waals surface area contributed by atoms with Gasteiger partial charge in [0.1, 0.15) is 5.75 Å². The molecular weight excluding hydrogens is 252 g/mol. The molecule has 5 heteroatoms. The van der Waals surface area contributed by atoms with Crippen LogP contribution in [0.25, 0.3) is 5.69 Å². The number of nitrogen functional groups attached to an aromatic ring is 1. The van der Waals surface area contributed by atoms with Gasteiger partial charge in [0.25, 0.3) is 0 Å². The first-order chi connectivity index (χ1) is 9.62. The van der Waals surface area contributed by atoms with Crippen molar-refractivity contribution < 1.29 is 5.11 Å². The summed E-state index contributed by atoms with van der Waals surface area (Å²) in [6.45, 7) is 7.98. The Hall–Kier alpha value is -2.17. The molecule has 0 unspecified atom stereocenters. The monoisotopic (exact) mass is 274 g/mol.